The van der Waals surface area contributed by atoms with Gasteiger partial charge in [-0.1, -0.05) is 13.0 Å². The van der Waals surface area contributed by atoms with Crippen LogP contribution in [0.2, 0.25) is 0 Å². The summed E-state index contributed by atoms with van der Waals surface area (Å²) >= 11 is 0. The van der Waals surface area contributed by atoms with Gasteiger partial charge in [0.1, 0.15) is 5.75 Å². The number of aliphatic hydroxyl groups is 1. The van der Waals surface area contributed by atoms with Gasteiger partial charge in [-0.25, -0.2) is 0 Å². The zero-order chi connectivity index (χ0) is 16.2. The van der Waals surface area contributed by atoms with Crippen LogP contribution < -0.4 is 4.74 Å². The van der Waals surface area contributed by atoms with Gasteiger partial charge in [-0.2, -0.15) is 0 Å². The fourth-order valence-electron chi connectivity index (χ4n) is 6.06. The van der Waals surface area contributed by atoms with Crippen LogP contribution in [0.4, 0.5) is 0 Å². The summed E-state index contributed by atoms with van der Waals surface area (Å²) in [6.45, 7) is 7.22. The first kappa shape index (κ1) is 15.5. The monoisotopic (exact) mass is 314 g/mol. The molecule has 2 fully saturated rings. The largest absolute Gasteiger partial charge is 0.494 e. The van der Waals surface area contributed by atoms with E-state index in [4.69, 9.17) is 4.74 Å². The van der Waals surface area contributed by atoms with Gasteiger partial charge in [0, 0.05) is 0 Å². The van der Waals surface area contributed by atoms with Crippen molar-refractivity contribution in [1.29, 1.82) is 0 Å². The normalized spacial score (nSPS) is 41.8. The maximum Gasteiger partial charge on any atom is 0.119 e. The van der Waals surface area contributed by atoms with Crippen LogP contribution in [-0.4, -0.2) is 17.3 Å². The van der Waals surface area contributed by atoms with E-state index in [2.05, 4.69) is 32.0 Å². The predicted octanol–water partition coefficient (Wildman–Crippen LogP) is 4.69. The van der Waals surface area contributed by atoms with Crippen molar-refractivity contribution in [2.75, 3.05) is 6.61 Å². The van der Waals surface area contributed by atoms with Gasteiger partial charge in [-0.3, -0.25) is 0 Å². The number of hydrogen-bond acceptors (Lipinski definition) is 2. The lowest BCUT2D eigenvalue weighted by Gasteiger charge is -2.52. The molecule has 1 aromatic carbocycles. The van der Waals surface area contributed by atoms with E-state index in [1.807, 2.05) is 6.92 Å². The fourth-order valence-corrected chi connectivity index (χ4v) is 6.06. The Kier molecular flexibility index (Phi) is 3.53. The Balaban J connectivity index is 1.65. The minimum absolute atomic E-state index is 0.122. The molecular weight excluding hydrogens is 284 g/mol. The van der Waals surface area contributed by atoms with Crippen molar-refractivity contribution in [2.24, 2.45) is 17.3 Å². The molecule has 0 amide bonds. The number of benzene rings is 1. The maximum absolute atomic E-state index is 10.9. The summed E-state index contributed by atoms with van der Waals surface area (Å²) in [5.74, 6) is 3.17. The lowest BCUT2D eigenvalue weighted by Crippen LogP contribution is -2.49. The minimum atomic E-state index is -0.470. The summed E-state index contributed by atoms with van der Waals surface area (Å²) in [7, 11) is 0. The van der Waals surface area contributed by atoms with Crippen molar-refractivity contribution in [1.82, 2.24) is 0 Å². The van der Waals surface area contributed by atoms with Crippen molar-refractivity contribution in [3.63, 3.8) is 0 Å². The van der Waals surface area contributed by atoms with Gasteiger partial charge in [-0.05, 0) is 98.8 Å². The molecule has 5 atom stereocenters. The van der Waals surface area contributed by atoms with Crippen molar-refractivity contribution >= 4 is 0 Å². The van der Waals surface area contributed by atoms with E-state index in [0.717, 1.165) is 24.7 Å². The molecule has 1 N–H and O–H groups in total. The number of ether oxygens (including phenoxy) is 1. The fraction of sp³-hybridized carbons (Fsp3) is 0.714. The number of aryl methyl sites for hydroxylation is 1. The molecule has 0 unspecified atom stereocenters. The van der Waals surface area contributed by atoms with Gasteiger partial charge in [-0.15, -0.1) is 0 Å². The Morgan fingerprint density at radius 1 is 1.17 bits per heavy atom. The third-order valence-electron chi connectivity index (χ3n) is 7.57. The Hall–Kier alpha value is -1.02. The third-order valence-corrected chi connectivity index (χ3v) is 7.57. The van der Waals surface area contributed by atoms with Crippen LogP contribution in [0, 0.1) is 17.3 Å². The highest BCUT2D eigenvalue weighted by molar-refractivity contribution is 5.40. The van der Waals surface area contributed by atoms with Crippen molar-refractivity contribution in [3.8, 4) is 5.75 Å². The van der Waals surface area contributed by atoms with E-state index in [1.165, 1.54) is 37.7 Å². The van der Waals surface area contributed by atoms with Gasteiger partial charge in [0.05, 0.1) is 12.2 Å². The zero-order valence-electron chi connectivity index (χ0n) is 14.8. The predicted molar refractivity (Wildman–Crippen MR) is 92.9 cm³/mol. The highest BCUT2D eigenvalue weighted by Gasteiger charge is 2.59. The average molecular weight is 314 g/mol. The molecule has 0 aromatic heterocycles. The summed E-state index contributed by atoms with van der Waals surface area (Å²) in [6, 6.07) is 6.75. The first-order chi connectivity index (χ1) is 11.0. The Morgan fingerprint density at radius 2 is 2.00 bits per heavy atom. The SMILES string of the molecule is CCOc1ccc2c(c1)CC[C@H]1[C@H]3CC[C@@](C)(O)[C@]3(C)CC[C@@H]21. The second kappa shape index (κ2) is 5.24. The van der Waals surface area contributed by atoms with Crippen LogP contribution >= 0.6 is 0 Å². The summed E-state index contributed by atoms with van der Waals surface area (Å²) < 4.78 is 5.69. The van der Waals surface area contributed by atoms with Crippen LogP contribution in [-0.2, 0) is 6.42 Å². The van der Waals surface area contributed by atoms with E-state index >= 15 is 0 Å². The van der Waals surface area contributed by atoms with Crippen molar-refractivity contribution in [2.45, 2.75) is 70.8 Å². The maximum atomic E-state index is 10.9. The zero-order valence-corrected chi connectivity index (χ0v) is 14.8. The van der Waals surface area contributed by atoms with Gasteiger partial charge < -0.3 is 9.84 Å². The van der Waals surface area contributed by atoms with Crippen molar-refractivity contribution in [3.05, 3.63) is 29.3 Å². The molecule has 23 heavy (non-hydrogen) atoms. The molecule has 0 aliphatic heterocycles. The second-order valence-electron chi connectivity index (χ2n) is 8.48. The van der Waals surface area contributed by atoms with E-state index in [-0.39, 0.29) is 5.41 Å². The van der Waals surface area contributed by atoms with Gasteiger partial charge in [0.2, 0.25) is 0 Å². The number of fused-ring (bicyclic) bond motifs is 5. The van der Waals surface area contributed by atoms with Gasteiger partial charge >= 0.3 is 0 Å². The summed E-state index contributed by atoms with van der Waals surface area (Å²) in [5, 5.41) is 10.9. The molecule has 0 radical (unpaired) electrons. The number of rotatable bonds is 2. The molecule has 2 nitrogen and oxygen atoms in total. The lowest BCUT2D eigenvalue weighted by molar-refractivity contribution is -0.0901. The van der Waals surface area contributed by atoms with Crippen LogP contribution in [0.15, 0.2) is 18.2 Å². The molecule has 0 heterocycles. The highest BCUT2D eigenvalue weighted by Crippen LogP contribution is 2.64. The molecule has 4 rings (SSSR count). The highest BCUT2D eigenvalue weighted by atomic mass is 16.5. The van der Waals surface area contributed by atoms with Gasteiger partial charge in [0.25, 0.3) is 0 Å². The third kappa shape index (κ3) is 2.17. The topological polar surface area (TPSA) is 29.5 Å². The van der Waals surface area contributed by atoms with E-state index in [9.17, 15) is 5.11 Å². The molecule has 0 saturated heterocycles. The first-order valence-electron chi connectivity index (χ1n) is 9.44. The second-order valence-corrected chi connectivity index (χ2v) is 8.48. The van der Waals surface area contributed by atoms with Crippen LogP contribution in [0.1, 0.15) is 69.9 Å². The first-order valence-corrected chi connectivity index (χ1v) is 9.44. The van der Waals surface area contributed by atoms with Crippen LogP contribution in [0.5, 0.6) is 5.75 Å². The van der Waals surface area contributed by atoms with E-state index in [1.54, 1.807) is 5.56 Å². The molecule has 126 valence electrons. The Morgan fingerprint density at radius 3 is 2.78 bits per heavy atom. The molecule has 3 aliphatic carbocycles. The summed E-state index contributed by atoms with van der Waals surface area (Å²) in [5.41, 5.74) is 2.72. The molecule has 0 spiro atoms. The van der Waals surface area contributed by atoms with Crippen LogP contribution in [0.3, 0.4) is 0 Å². The molecular formula is C21H30O2. The van der Waals surface area contributed by atoms with E-state index in [0.29, 0.717) is 11.8 Å². The molecule has 3 aliphatic rings. The summed E-state index contributed by atoms with van der Waals surface area (Å²) in [4.78, 5) is 0. The standard InChI is InChI=1S/C21H30O2/c1-4-23-15-6-8-16-14(13-15)5-7-18-17(16)9-11-20(2)19(18)10-12-21(20,3)22/h6,8,13,17-19,22H,4-5,7,9-12H2,1-3H3/t17-,18+,19+,20+,21+/m0/s1. The molecule has 2 heteroatoms. The number of hydrogen-bond donors (Lipinski definition) is 1. The van der Waals surface area contributed by atoms with Gasteiger partial charge in [0.15, 0.2) is 0 Å². The van der Waals surface area contributed by atoms with Crippen molar-refractivity contribution < 1.29 is 9.84 Å². The molecule has 1 aromatic rings. The minimum Gasteiger partial charge on any atom is -0.494 e. The summed E-state index contributed by atoms with van der Waals surface area (Å²) in [6.07, 6.45) is 7.04. The Labute approximate surface area is 140 Å². The Bertz CT molecular complexity index is 606. The van der Waals surface area contributed by atoms with Crippen LogP contribution in [0.25, 0.3) is 0 Å². The molecule has 0 bridgehead atoms. The quantitative estimate of drug-likeness (QED) is 0.858. The average Bonchev–Trinajstić information content (AvgIpc) is 2.77. The van der Waals surface area contributed by atoms with E-state index < -0.39 is 5.60 Å². The molecule has 2 saturated carbocycles. The lowest BCUT2D eigenvalue weighted by atomic mass is 9.53. The smallest absolute Gasteiger partial charge is 0.119 e.